The molecular formula is C25H28BrN2O4P. The van der Waals surface area contributed by atoms with Gasteiger partial charge < -0.3 is 19.7 Å². The molecule has 174 valence electrons. The Hall–Kier alpha value is -2.60. The van der Waals surface area contributed by atoms with Gasteiger partial charge in [0.25, 0.3) is 0 Å². The van der Waals surface area contributed by atoms with E-state index in [9.17, 15) is 9.36 Å². The van der Waals surface area contributed by atoms with Gasteiger partial charge in [-0.05, 0) is 49.1 Å². The third-order valence-electron chi connectivity index (χ3n) is 5.44. The van der Waals surface area contributed by atoms with Crippen LogP contribution in [0.1, 0.15) is 18.4 Å². The summed E-state index contributed by atoms with van der Waals surface area (Å²) in [7, 11) is -3.79. The van der Waals surface area contributed by atoms with Crippen LogP contribution < -0.4 is 14.8 Å². The Morgan fingerprint density at radius 2 is 1.39 bits per heavy atom. The summed E-state index contributed by atoms with van der Waals surface area (Å²) in [6, 6.07) is 26.7. The second kappa shape index (κ2) is 11.5. The first kappa shape index (κ1) is 25.0. The van der Waals surface area contributed by atoms with E-state index in [0.717, 1.165) is 5.56 Å². The number of likely N-dealkylation sites (tertiary alicyclic amines) is 1. The second-order valence-electron chi connectivity index (χ2n) is 7.80. The molecule has 0 bridgehead atoms. The lowest BCUT2D eigenvalue weighted by atomic mass is 10.1. The molecule has 3 aromatic rings. The number of nitrogens with zero attached hydrogens (tertiary/aromatic N) is 1. The number of nitrogens with two attached hydrogens (primary N) is 1. The highest BCUT2D eigenvalue weighted by molar-refractivity contribution is 8.93. The van der Waals surface area contributed by atoms with E-state index in [1.807, 2.05) is 42.5 Å². The average Bonchev–Trinajstić information content (AvgIpc) is 3.31. The lowest BCUT2D eigenvalue weighted by Gasteiger charge is -2.32. The first-order chi connectivity index (χ1) is 15.5. The molecule has 4 rings (SSSR count). The monoisotopic (exact) mass is 530 g/mol. The Morgan fingerprint density at radius 3 is 1.91 bits per heavy atom. The molecule has 1 amide bonds. The zero-order valence-corrected chi connectivity index (χ0v) is 20.8. The van der Waals surface area contributed by atoms with Gasteiger partial charge in [0.15, 0.2) is 5.78 Å². The summed E-state index contributed by atoms with van der Waals surface area (Å²) in [5, 5.41) is 0. The van der Waals surface area contributed by atoms with Crippen LogP contribution in [0, 0.1) is 0 Å². The van der Waals surface area contributed by atoms with Crippen LogP contribution in [0.5, 0.6) is 11.5 Å². The Kier molecular flexibility index (Phi) is 8.73. The van der Waals surface area contributed by atoms with Gasteiger partial charge in [-0.2, -0.15) is 0 Å². The predicted octanol–water partition coefficient (Wildman–Crippen LogP) is 5.43. The molecule has 2 atom stereocenters. The fourth-order valence-electron chi connectivity index (χ4n) is 3.90. The number of hydrogen-bond acceptors (Lipinski definition) is 5. The van der Waals surface area contributed by atoms with Crippen molar-refractivity contribution in [1.82, 2.24) is 4.90 Å². The molecule has 1 heterocycles. The maximum atomic E-state index is 14.2. The molecule has 1 fully saturated rings. The number of rotatable bonds is 8. The highest BCUT2D eigenvalue weighted by Gasteiger charge is 2.48. The van der Waals surface area contributed by atoms with Crippen molar-refractivity contribution in [1.29, 1.82) is 0 Å². The first-order valence-corrected chi connectivity index (χ1v) is 12.4. The van der Waals surface area contributed by atoms with E-state index in [1.54, 1.807) is 53.4 Å². The molecule has 1 aliphatic rings. The topological polar surface area (TPSA) is 81.9 Å². The van der Waals surface area contributed by atoms with Crippen molar-refractivity contribution in [2.75, 3.05) is 6.54 Å². The summed E-state index contributed by atoms with van der Waals surface area (Å²) in [5.74, 6) is -0.0959. The van der Waals surface area contributed by atoms with Crippen molar-refractivity contribution < 1.29 is 18.4 Å². The summed E-state index contributed by atoms with van der Waals surface area (Å²) < 4.78 is 26.1. The van der Waals surface area contributed by atoms with Gasteiger partial charge in [-0.1, -0.05) is 66.7 Å². The normalized spacial score (nSPS) is 16.5. The lowest BCUT2D eigenvalue weighted by molar-refractivity contribution is -0.132. The highest BCUT2D eigenvalue weighted by atomic mass is 79.9. The molecule has 1 aliphatic heterocycles. The maximum absolute atomic E-state index is 14.2. The van der Waals surface area contributed by atoms with Gasteiger partial charge in [-0.25, -0.2) is 4.57 Å². The minimum atomic E-state index is -3.79. The zero-order valence-electron chi connectivity index (χ0n) is 18.2. The summed E-state index contributed by atoms with van der Waals surface area (Å²) >= 11 is 0. The van der Waals surface area contributed by atoms with Crippen molar-refractivity contribution in [3.8, 4) is 11.5 Å². The molecule has 0 saturated carbocycles. The lowest BCUT2D eigenvalue weighted by Crippen LogP contribution is -2.47. The summed E-state index contributed by atoms with van der Waals surface area (Å²) in [6.45, 7) is 0.465. The molecule has 0 aliphatic carbocycles. The van der Waals surface area contributed by atoms with Crippen LogP contribution in [-0.2, 0) is 15.8 Å². The minimum absolute atomic E-state index is 0. The zero-order chi connectivity index (χ0) is 22.4. The molecule has 33 heavy (non-hydrogen) atoms. The molecule has 3 aromatic carbocycles. The highest BCUT2D eigenvalue weighted by Crippen LogP contribution is 2.57. The number of para-hydroxylation sites is 2. The number of carbonyl (C=O) groups excluding carboxylic acids is 1. The Balaban J connectivity index is 0.00000306. The van der Waals surface area contributed by atoms with Crippen molar-refractivity contribution >= 4 is 30.5 Å². The van der Waals surface area contributed by atoms with E-state index in [1.165, 1.54) is 0 Å². The third-order valence-corrected chi connectivity index (χ3v) is 7.63. The molecular weight excluding hydrogens is 503 g/mol. The molecule has 0 spiro atoms. The standard InChI is InChI=1S/C25H27N2O4P.BrH/c26-23(19-20-11-4-1-5-12-20)25(28)27-18-10-17-24(27)32(29,30-21-13-6-2-7-14-21)31-22-15-8-3-9-16-22;/h1-9,11-16,23-24H,10,17-19,26H2;1H/t23-,24?;/m0./s1. The van der Waals surface area contributed by atoms with E-state index in [0.29, 0.717) is 37.3 Å². The molecule has 8 heteroatoms. The van der Waals surface area contributed by atoms with Gasteiger partial charge in [-0.15, -0.1) is 17.0 Å². The largest absolute Gasteiger partial charge is 0.453 e. The van der Waals surface area contributed by atoms with Crippen molar-refractivity contribution in [2.45, 2.75) is 31.1 Å². The van der Waals surface area contributed by atoms with Gasteiger partial charge in [0, 0.05) is 6.54 Å². The van der Waals surface area contributed by atoms with E-state index in [-0.39, 0.29) is 22.9 Å². The minimum Gasteiger partial charge on any atom is -0.415 e. The first-order valence-electron chi connectivity index (χ1n) is 10.7. The SMILES string of the molecule is Br.N[C@@H](Cc1ccccc1)C(=O)N1CCCC1P(=O)(Oc1ccccc1)Oc1ccccc1. The van der Waals surface area contributed by atoms with Crippen LogP contribution in [0.4, 0.5) is 0 Å². The summed E-state index contributed by atoms with van der Waals surface area (Å²) in [6.07, 6.45) is 1.63. The summed E-state index contributed by atoms with van der Waals surface area (Å²) in [4.78, 5) is 14.9. The number of halogens is 1. The summed E-state index contributed by atoms with van der Waals surface area (Å²) in [5.41, 5.74) is 7.26. The number of benzene rings is 3. The molecule has 2 N–H and O–H groups in total. The fourth-order valence-corrected chi connectivity index (χ4v) is 6.08. The van der Waals surface area contributed by atoms with Crippen LogP contribution in [-0.4, -0.2) is 29.2 Å². The van der Waals surface area contributed by atoms with Crippen LogP contribution in [0.15, 0.2) is 91.0 Å². The van der Waals surface area contributed by atoms with E-state index in [4.69, 9.17) is 14.8 Å². The van der Waals surface area contributed by atoms with E-state index < -0.39 is 19.4 Å². The van der Waals surface area contributed by atoms with Crippen molar-refractivity contribution in [3.05, 3.63) is 96.6 Å². The number of amides is 1. The quantitative estimate of drug-likeness (QED) is 0.392. The van der Waals surface area contributed by atoms with Gasteiger partial charge in [0.1, 0.15) is 11.5 Å². The molecule has 1 unspecified atom stereocenters. The molecule has 0 radical (unpaired) electrons. The maximum Gasteiger partial charge on any atom is 0.453 e. The van der Waals surface area contributed by atoms with Crippen LogP contribution in [0.2, 0.25) is 0 Å². The van der Waals surface area contributed by atoms with E-state index >= 15 is 0 Å². The second-order valence-corrected chi connectivity index (χ2v) is 9.84. The van der Waals surface area contributed by atoms with Gasteiger partial charge in [0.2, 0.25) is 5.91 Å². The van der Waals surface area contributed by atoms with Crippen LogP contribution >= 0.6 is 24.6 Å². The molecule has 0 aromatic heterocycles. The Labute approximate surface area is 205 Å². The predicted molar refractivity (Wildman–Crippen MR) is 135 cm³/mol. The van der Waals surface area contributed by atoms with Gasteiger partial charge >= 0.3 is 7.60 Å². The van der Waals surface area contributed by atoms with E-state index in [2.05, 4.69) is 0 Å². The molecule has 1 saturated heterocycles. The Bertz CT molecular complexity index is 1020. The third kappa shape index (κ3) is 6.26. The number of carbonyl (C=O) groups is 1. The van der Waals surface area contributed by atoms with Crippen molar-refractivity contribution in [3.63, 3.8) is 0 Å². The van der Waals surface area contributed by atoms with Gasteiger partial charge in [-0.3, -0.25) is 4.79 Å². The average molecular weight is 531 g/mol. The number of hydrogen-bond donors (Lipinski definition) is 1. The Morgan fingerprint density at radius 1 is 0.909 bits per heavy atom. The molecule has 6 nitrogen and oxygen atoms in total. The van der Waals surface area contributed by atoms with Crippen molar-refractivity contribution in [2.24, 2.45) is 5.73 Å². The van der Waals surface area contributed by atoms with Gasteiger partial charge in [0.05, 0.1) is 6.04 Å². The smallest absolute Gasteiger partial charge is 0.415 e. The fraction of sp³-hybridized carbons (Fsp3) is 0.240. The van der Waals surface area contributed by atoms with Crippen LogP contribution in [0.3, 0.4) is 0 Å². The van der Waals surface area contributed by atoms with Crippen LogP contribution in [0.25, 0.3) is 0 Å².